The van der Waals surface area contributed by atoms with E-state index in [0.717, 1.165) is 11.6 Å². The maximum Gasteiger partial charge on any atom is 0.274 e. The Hall–Kier alpha value is -4.47. The van der Waals surface area contributed by atoms with Gasteiger partial charge in [-0.25, -0.2) is 9.49 Å². The summed E-state index contributed by atoms with van der Waals surface area (Å²) in [5.74, 6) is -2.08. The molecule has 1 fully saturated rings. The van der Waals surface area contributed by atoms with Gasteiger partial charge in [0.25, 0.3) is 5.56 Å². The van der Waals surface area contributed by atoms with Gasteiger partial charge >= 0.3 is 0 Å². The second-order valence-corrected chi connectivity index (χ2v) is 8.24. The SMILES string of the molecule is C=CC(=O)N1CCC(c2cn(-c3ccc(Oc4cccc(F)c4F)cc3)c3c(N)n[nH]c(=O)c23)C1. The Labute approximate surface area is 198 Å². The molecule has 4 aromatic rings. The number of nitrogens with zero attached hydrogens (tertiary/aromatic N) is 3. The Morgan fingerprint density at radius 3 is 2.74 bits per heavy atom. The van der Waals surface area contributed by atoms with Gasteiger partial charge in [-0.05, 0) is 54.5 Å². The zero-order chi connectivity index (χ0) is 24.7. The molecule has 1 saturated heterocycles. The van der Waals surface area contributed by atoms with Gasteiger partial charge in [-0.3, -0.25) is 9.59 Å². The largest absolute Gasteiger partial charge is 0.454 e. The zero-order valence-corrected chi connectivity index (χ0v) is 18.5. The summed E-state index contributed by atoms with van der Waals surface area (Å²) in [6.07, 6.45) is 3.79. The van der Waals surface area contributed by atoms with E-state index in [4.69, 9.17) is 10.5 Å². The van der Waals surface area contributed by atoms with Crippen molar-refractivity contribution in [1.29, 1.82) is 0 Å². The third-order valence-electron chi connectivity index (χ3n) is 6.16. The fraction of sp³-hybridized carbons (Fsp3) is 0.160. The van der Waals surface area contributed by atoms with Crippen molar-refractivity contribution in [1.82, 2.24) is 19.7 Å². The predicted molar refractivity (Wildman–Crippen MR) is 127 cm³/mol. The van der Waals surface area contributed by atoms with E-state index in [0.29, 0.717) is 41.9 Å². The zero-order valence-electron chi connectivity index (χ0n) is 18.5. The summed E-state index contributed by atoms with van der Waals surface area (Å²) >= 11 is 0. The summed E-state index contributed by atoms with van der Waals surface area (Å²) in [4.78, 5) is 26.5. The summed E-state index contributed by atoms with van der Waals surface area (Å²) < 4.78 is 34.7. The highest BCUT2D eigenvalue weighted by Crippen LogP contribution is 2.35. The number of carbonyl (C=O) groups excluding carboxylic acids is 1. The number of carbonyl (C=O) groups is 1. The lowest BCUT2D eigenvalue weighted by Crippen LogP contribution is -2.26. The van der Waals surface area contributed by atoms with Crippen LogP contribution in [-0.4, -0.2) is 38.7 Å². The van der Waals surface area contributed by atoms with Crippen molar-refractivity contribution in [3.05, 3.63) is 88.9 Å². The standard InChI is InChI=1S/C25H21F2N5O3/c1-2-20(33)31-11-10-14(12-31)17-13-32(23-21(17)25(34)30-29-24(23)28)15-6-8-16(9-7-15)35-19-5-3-4-18(26)22(19)27/h2-9,13-14H,1,10-12H2,(H2,28,29)(H,30,34). The van der Waals surface area contributed by atoms with Crippen molar-refractivity contribution in [3.8, 4) is 17.2 Å². The van der Waals surface area contributed by atoms with Gasteiger partial charge in [-0.15, -0.1) is 0 Å². The number of anilines is 1. The Morgan fingerprint density at radius 1 is 1.23 bits per heavy atom. The van der Waals surface area contributed by atoms with Crippen molar-refractivity contribution in [2.75, 3.05) is 18.8 Å². The minimum Gasteiger partial charge on any atom is -0.454 e. The second kappa shape index (κ2) is 8.71. The number of fused-ring (bicyclic) bond motifs is 1. The molecule has 10 heteroatoms. The maximum absolute atomic E-state index is 14.0. The molecule has 0 saturated carbocycles. The van der Waals surface area contributed by atoms with Gasteiger partial charge in [0.1, 0.15) is 11.3 Å². The third kappa shape index (κ3) is 3.92. The number of amides is 1. The van der Waals surface area contributed by atoms with Crippen LogP contribution in [-0.2, 0) is 4.79 Å². The monoisotopic (exact) mass is 477 g/mol. The Bertz CT molecular complexity index is 1510. The van der Waals surface area contributed by atoms with Crippen LogP contribution < -0.4 is 16.0 Å². The third-order valence-corrected chi connectivity index (χ3v) is 6.16. The van der Waals surface area contributed by atoms with Crippen LogP contribution in [0.25, 0.3) is 16.6 Å². The highest BCUT2D eigenvalue weighted by molar-refractivity contribution is 5.92. The van der Waals surface area contributed by atoms with Gasteiger partial charge in [0.15, 0.2) is 17.4 Å². The van der Waals surface area contributed by atoms with E-state index >= 15 is 0 Å². The quantitative estimate of drug-likeness (QED) is 0.425. The Kier molecular flexibility index (Phi) is 5.56. The van der Waals surface area contributed by atoms with Crippen LogP contribution in [0.1, 0.15) is 17.9 Å². The summed E-state index contributed by atoms with van der Waals surface area (Å²) in [6, 6.07) is 10.3. The molecule has 1 atom stereocenters. The van der Waals surface area contributed by atoms with E-state index in [1.54, 1.807) is 33.7 Å². The smallest absolute Gasteiger partial charge is 0.274 e. The number of halogens is 2. The van der Waals surface area contributed by atoms with Gasteiger partial charge in [-0.1, -0.05) is 12.6 Å². The van der Waals surface area contributed by atoms with Crippen LogP contribution in [0.5, 0.6) is 11.5 Å². The predicted octanol–water partition coefficient (Wildman–Crippen LogP) is 3.87. The first-order valence-electron chi connectivity index (χ1n) is 10.9. The average Bonchev–Trinajstić information content (AvgIpc) is 3.50. The average molecular weight is 477 g/mol. The van der Waals surface area contributed by atoms with Crippen molar-refractivity contribution < 1.29 is 18.3 Å². The first-order valence-corrected chi connectivity index (χ1v) is 10.9. The molecule has 35 heavy (non-hydrogen) atoms. The first kappa shape index (κ1) is 22.3. The second-order valence-electron chi connectivity index (χ2n) is 8.24. The molecule has 0 radical (unpaired) electrons. The number of rotatable bonds is 5. The van der Waals surface area contributed by atoms with Crippen LogP contribution >= 0.6 is 0 Å². The number of nitrogens with two attached hydrogens (primary N) is 1. The number of hydrogen-bond donors (Lipinski definition) is 2. The maximum atomic E-state index is 14.0. The lowest BCUT2D eigenvalue weighted by Gasteiger charge is -2.13. The number of ether oxygens (including phenoxy) is 1. The van der Waals surface area contributed by atoms with Crippen LogP contribution in [0.2, 0.25) is 0 Å². The molecule has 1 aliphatic heterocycles. The molecule has 0 aliphatic carbocycles. The van der Waals surface area contributed by atoms with E-state index in [2.05, 4.69) is 16.8 Å². The van der Waals surface area contributed by atoms with E-state index in [9.17, 15) is 18.4 Å². The molecule has 2 aromatic heterocycles. The molecule has 178 valence electrons. The Balaban J connectivity index is 1.53. The minimum absolute atomic E-state index is 0.0656. The normalized spacial score (nSPS) is 15.5. The van der Waals surface area contributed by atoms with Crippen molar-refractivity contribution in [2.24, 2.45) is 0 Å². The number of nitrogen functional groups attached to an aromatic ring is 1. The number of hydrogen-bond acceptors (Lipinski definition) is 5. The number of aromatic nitrogens is 3. The molecule has 2 aromatic carbocycles. The van der Waals surface area contributed by atoms with Gasteiger partial charge < -0.3 is 19.9 Å². The number of likely N-dealkylation sites (tertiary alicyclic amines) is 1. The van der Waals surface area contributed by atoms with E-state index < -0.39 is 11.6 Å². The summed E-state index contributed by atoms with van der Waals surface area (Å²) in [6.45, 7) is 4.56. The minimum atomic E-state index is -1.07. The van der Waals surface area contributed by atoms with E-state index in [1.165, 1.54) is 18.2 Å². The highest BCUT2D eigenvalue weighted by Gasteiger charge is 2.30. The van der Waals surface area contributed by atoms with Crippen LogP contribution in [0.3, 0.4) is 0 Å². The molecule has 0 bridgehead atoms. The van der Waals surface area contributed by atoms with Crippen molar-refractivity contribution in [2.45, 2.75) is 12.3 Å². The van der Waals surface area contributed by atoms with Gasteiger partial charge in [0, 0.05) is 30.9 Å². The fourth-order valence-corrected chi connectivity index (χ4v) is 4.46. The molecule has 1 aliphatic rings. The van der Waals surface area contributed by atoms with Gasteiger partial charge in [0.2, 0.25) is 11.7 Å². The van der Waals surface area contributed by atoms with Crippen LogP contribution in [0.4, 0.5) is 14.6 Å². The topological polar surface area (TPSA) is 106 Å². The first-order chi connectivity index (χ1) is 16.9. The Morgan fingerprint density at radius 2 is 2.00 bits per heavy atom. The van der Waals surface area contributed by atoms with Crippen molar-refractivity contribution >= 4 is 22.6 Å². The highest BCUT2D eigenvalue weighted by atomic mass is 19.2. The molecule has 3 N–H and O–H groups in total. The molecular weight excluding hydrogens is 456 g/mol. The molecule has 1 amide bonds. The van der Waals surface area contributed by atoms with Crippen LogP contribution in [0.15, 0.2) is 66.1 Å². The lowest BCUT2D eigenvalue weighted by molar-refractivity contribution is -0.125. The number of H-pyrrole nitrogens is 1. The molecule has 3 heterocycles. The van der Waals surface area contributed by atoms with E-state index in [-0.39, 0.29) is 29.0 Å². The summed E-state index contributed by atoms with van der Waals surface area (Å²) in [5.41, 5.74) is 7.64. The van der Waals surface area contributed by atoms with E-state index in [1.807, 2.05) is 6.20 Å². The number of aromatic amines is 1. The van der Waals surface area contributed by atoms with Crippen molar-refractivity contribution in [3.63, 3.8) is 0 Å². The number of benzene rings is 2. The molecule has 8 nitrogen and oxygen atoms in total. The fourth-order valence-electron chi connectivity index (χ4n) is 4.46. The molecule has 1 unspecified atom stereocenters. The van der Waals surface area contributed by atoms with Gasteiger partial charge in [0.05, 0.1) is 5.39 Å². The summed E-state index contributed by atoms with van der Waals surface area (Å²) in [5, 5.41) is 6.77. The molecule has 0 spiro atoms. The molecular formula is C25H21F2N5O3. The molecule has 5 rings (SSSR count). The summed E-state index contributed by atoms with van der Waals surface area (Å²) in [7, 11) is 0. The number of nitrogens with one attached hydrogen (secondary N) is 1. The van der Waals surface area contributed by atoms with Crippen LogP contribution in [0, 0.1) is 11.6 Å². The van der Waals surface area contributed by atoms with Gasteiger partial charge in [-0.2, -0.15) is 9.49 Å². The lowest BCUT2D eigenvalue weighted by atomic mass is 9.99.